The highest BCUT2D eigenvalue weighted by atomic mass is 15.2. The summed E-state index contributed by atoms with van der Waals surface area (Å²) in [4.78, 5) is 11.1. The largest absolute Gasteiger partial charge is 0.314 e. The topological polar surface area (TPSA) is 41.0 Å². The van der Waals surface area contributed by atoms with E-state index >= 15 is 0 Å². The third-order valence-corrected chi connectivity index (χ3v) is 3.95. The van der Waals surface area contributed by atoms with Crippen molar-refractivity contribution in [2.45, 2.75) is 45.7 Å². The van der Waals surface area contributed by atoms with Crippen LogP contribution in [-0.2, 0) is 6.54 Å². The van der Waals surface area contributed by atoms with Crippen molar-refractivity contribution < 1.29 is 0 Å². The first-order valence-corrected chi connectivity index (χ1v) is 7.51. The monoisotopic (exact) mass is 262 g/mol. The van der Waals surface area contributed by atoms with Crippen LogP contribution in [0.15, 0.2) is 18.5 Å². The van der Waals surface area contributed by atoms with Crippen molar-refractivity contribution in [3.05, 3.63) is 24.3 Å². The predicted molar refractivity (Wildman–Crippen MR) is 77.8 cm³/mol. The molecule has 0 radical (unpaired) electrons. The second-order valence-electron chi connectivity index (χ2n) is 5.55. The molecule has 2 unspecified atom stereocenters. The Morgan fingerprint density at radius 2 is 2.21 bits per heavy atom. The molecular formula is C15H26N4. The van der Waals surface area contributed by atoms with Crippen molar-refractivity contribution in [3.63, 3.8) is 0 Å². The first-order valence-electron chi connectivity index (χ1n) is 7.51. The molecule has 19 heavy (non-hydrogen) atoms. The van der Waals surface area contributed by atoms with Gasteiger partial charge in [-0.1, -0.05) is 6.92 Å². The van der Waals surface area contributed by atoms with Gasteiger partial charge in [-0.05, 0) is 51.3 Å². The fraction of sp³-hybridized carbons (Fsp3) is 0.733. The predicted octanol–water partition coefficient (Wildman–Crippen LogP) is 2.08. The van der Waals surface area contributed by atoms with Crippen LogP contribution in [0.1, 0.15) is 38.9 Å². The molecule has 0 bridgehead atoms. The van der Waals surface area contributed by atoms with Crippen molar-refractivity contribution >= 4 is 0 Å². The molecule has 2 heterocycles. The molecule has 2 atom stereocenters. The number of nitrogens with zero attached hydrogens (tertiary/aromatic N) is 3. The summed E-state index contributed by atoms with van der Waals surface area (Å²) in [5.41, 5.74) is 0. The number of hydrogen-bond donors (Lipinski definition) is 1. The average molecular weight is 262 g/mol. The van der Waals surface area contributed by atoms with Crippen molar-refractivity contribution in [2.75, 3.05) is 19.6 Å². The Morgan fingerprint density at radius 3 is 2.95 bits per heavy atom. The van der Waals surface area contributed by atoms with E-state index in [4.69, 9.17) is 0 Å². The van der Waals surface area contributed by atoms with E-state index < -0.39 is 0 Å². The van der Waals surface area contributed by atoms with Crippen LogP contribution in [0.5, 0.6) is 0 Å². The third kappa shape index (κ3) is 4.55. The Kier molecular flexibility index (Phi) is 5.73. The maximum absolute atomic E-state index is 4.32. The van der Waals surface area contributed by atoms with Gasteiger partial charge in [-0.3, -0.25) is 4.90 Å². The van der Waals surface area contributed by atoms with Crippen LogP contribution in [0.4, 0.5) is 0 Å². The van der Waals surface area contributed by atoms with Gasteiger partial charge in [0.15, 0.2) is 0 Å². The lowest BCUT2D eigenvalue weighted by Crippen LogP contribution is -2.44. The fourth-order valence-corrected chi connectivity index (χ4v) is 2.79. The highest BCUT2D eigenvalue weighted by molar-refractivity contribution is 4.90. The number of hydrogen-bond acceptors (Lipinski definition) is 4. The Bertz CT molecular complexity index is 354. The summed E-state index contributed by atoms with van der Waals surface area (Å²) in [5, 5.41) is 3.63. The van der Waals surface area contributed by atoms with Crippen LogP contribution < -0.4 is 5.32 Å². The van der Waals surface area contributed by atoms with Crippen LogP contribution in [0.2, 0.25) is 0 Å². The summed E-state index contributed by atoms with van der Waals surface area (Å²) in [6.07, 6.45) is 7.49. The zero-order chi connectivity index (χ0) is 13.5. The van der Waals surface area contributed by atoms with E-state index in [0.29, 0.717) is 6.04 Å². The lowest BCUT2D eigenvalue weighted by Gasteiger charge is -2.35. The van der Waals surface area contributed by atoms with Gasteiger partial charge in [-0.15, -0.1) is 0 Å². The normalized spacial score (nSPS) is 22.3. The molecule has 1 aromatic rings. The van der Waals surface area contributed by atoms with Crippen LogP contribution in [-0.4, -0.2) is 40.5 Å². The van der Waals surface area contributed by atoms with E-state index in [2.05, 4.69) is 34.0 Å². The van der Waals surface area contributed by atoms with Gasteiger partial charge in [0.2, 0.25) is 0 Å². The Balaban J connectivity index is 1.83. The van der Waals surface area contributed by atoms with Crippen molar-refractivity contribution in [3.8, 4) is 0 Å². The Hall–Kier alpha value is -1.00. The van der Waals surface area contributed by atoms with Gasteiger partial charge >= 0.3 is 0 Å². The fourth-order valence-electron chi connectivity index (χ4n) is 2.79. The maximum atomic E-state index is 4.32. The second kappa shape index (κ2) is 7.56. The molecular weight excluding hydrogens is 236 g/mol. The molecule has 106 valence electrons. The molecule has 0 aromatic carbocycles. The van der Waals surface area contributed by atoms with Crippen LogP contribution in [0, 0.1) is 5.92 Å². The summed E-state index contributed by atoms with van der Waals surface area (Å²) in [6.45, 7) is 8.89. The minimum atomic E-state index is 0.611. The molecule has 1 N–H and O–H groups in total. The SMILES string of the molecule is CCCNC(C)C1CCCN(Cc2ncccn2)C1. The van der Waals surface area contributed by atoms with Crippen LogP contribution in [0.25, 0.3) is 0 Å². The van der Waals surface area contributed by atoms with Crippen molar-refractivity contribution in [1.29, 1.82) is 0 Å². The molecule has 1 fully saturated rings. The van der Waals surface area contributed by atoms with Gasteiger partial charge in [-0.2, -0.15) is 0 Å². The first-order chi connectivity index (χ1) is 9.29. The smallest absolute Gasteiger partial charge is 0.142 e. The highest BCUT2D eigenvalue weighted by Gasteiger charge is 2.24. The number of piperidine rings is 1. The molecule has 1 aromatic heterocycles. The molecule has 1 saturated heterocycles. The standard InChI is InChI=1S/C15H26N4/c1-3-7-16-13(2)14-6-4-10-19(11-14)12-15-17-8-5-9-18-15/h5,8-9,13-14,16H,3-4,6-7,10-12H2,1-2H3. The Labute approximate surface area is 116 Å². The van der Waals surface area contributed by atoms with Crippen LogP contribution >= 0.6 is 0 Å². The number of rotatable bonds is 6. The summed E-state index contributed by atoms with van der Waals surface area (Å²) >= 11 is 0. The lowest BCUT2D eigenvalue weighted by atomic mass is 9.91. The van der Waals surface area contributed by atoms with Gasteiger partial charge in [0, 0.05) is 25.0 Å². The van der Waals surface area contributed by atoms with Gasteiger partial charge < -0.3 is 5.32 Å². The molecule has 1 aliphatic rings. The summed E-state index contributed by atoms with van der Waals surface area (Å²) in [7, 11) is 0. The number of likely N-dealkylation sites (tertiary alicyclic amines) is 1. The number of aromatic nitrogens is 2. The van der Waals surface area contributed by atoms with Crippen LogP contribution in [0.3, 0.4) is 0 Å². The minimum Gasteiger partial charge on any atom is -0.314 e. The number of nitrogens with one attached hydrogen (secondary N) is 1. The van der Waals surface area contributed by atoms with Gasteiger partial charge in [0.1, 0.15) is 5.82 Å². The molecule has 0 amide bonds. The van der Waals surface area contributed by atoms with Gasteiger partial charge in [0.05, 0.1) is 6.54 Å². The molecule has 1 aliphatic heterocycles. The van der Waals surface area contributed by atoms with E-state index in [-0.39, 0.29) is 0 Å². The molecule has 2 rings (SSSR count). The van der Waals surface area contributed by atoms with Gasteiger partial charge in [0.25, 0.3) is 0 Å². The van der Waals surface area contributed by atoms with E-state index in [0.717, 1.165) is 31.4 Å². The summed E-state index contributed by atoms with van der Waals surface area (Å²) in [6, 6.07) is 2.48. The van der Waals surface area contributed by atoms with Crippen molar-refractivity contribution in [1.82, 2.24) is 20.2 Å². The first kappa shape index (κ1) is 14.4. The highest BCUT2D eigenvalue weighted by Crippen LogP contribution is 2.20. The van der Waals surface area contributed by atoms with E-state index in [9.17, 15) is 0 Å². The molecule has 0 spiro atoms. The zero-order valence-corrected chi connectivity index (χ0v) is 12.2. The zero-order valence-electron chi connectivity index (χ0n) is 12.2. The lowest BCUT2D eigenvalue weighted by molar-refractivity contribution is 0.142. The third-order valence-electron chi connectivity index (χ3n) is 3.95. The Morgan fingerprint density at radius 1 is 1.42 bits per heavy atom. The molecule has 4 heteroatoms. The summed E-state index contributed by atoms with van der Waals surface area (Å²) < 4.78 is 0. The minimum absolute atomic E-state index is 0.611. The quantitative estimate of drug-likeness (QED) is 0.852. The average Bonchev–Trinajstić information content (AvgIpc) is 2.46. The summed E-state index contributed by atoms with van der Waals surface area (Å²) in [5.74, 6) is 1.70. The molecule has 0 aliphatic carbocycles. The maximum Gasteiger partial charge on any atom is 0.142 e. The van der Waals surface area contributed by atoms with E-state index in [1.807, 2.05) is 18.5 Å². The van der Waals surface area contributed by atoms with E-state index in [1.165, 1.54) is 25.8 Å². The van der Waals surface area contributed by atoms with Crippen molar-refractivity contribution in [2.24, 2.45) is 5.92 Å². The van der Waals surface area contributed by atoms with Gasteiger partial charge in [-0.25, -0.2) is 9.97 Å². The van der Waals surface area contributed by atoms with E-state index in [1.54, 1.807) is 0 Å². The second-order valence-corrected chi connectivity index (χ2v) is 5.55. The molecule has 4 nitrogen and oxygen atoms in total. The molecule has 0 saturated carbocycles.